The molecule has 0 bridgehead atoms. The topological polar surface area (TPSA) is 21.3 Å². The van der Waals surface area contributed by atoms with Gasteiger partial charge < -0.3 is 13.9 Å². The molecule has 0 amide bonds. The molecule has 0 aliphatic heterocycles. The van der Waals surface area contributed by atoms with Gasteiger partial charge in [-0.2, -0.15) is 0 Å². The van der Waals surface area contributed by atoms with Crippen LogP contribution in [0.4, 0.5) is 17.1 Å². The Labute approximate surface area is 363 Å². The quantitative estimate of drug-likeness (QED) is 0.156. The van der Waals surface area contributed by atoms with Gasteiger partial charge in [0.05, 0.1) is 11.0 Å². The van der Waals surface area contributed by atoms with E-state index in [9.17, 15) is 0 Å². The van der Waals surface area contributed by atoms with Crippen molar-refractivity contribution in [2.75, 3.05) is 4.90 Å². The molecule has 0 saturated carbocycles. The summed E-state index contributed by atoms with van der Waals surface area (Å²) in [5.74, 6) is 0. The number of benzene rings is 11. The first-order valence-electron chi connectivity index (χ1n) is 21.6. The molecular formula is C60H38N2O. The smallest absolute Gasteiger partial charge is 0.136 e. The molecule has 11 aromatic carbocycles. The fourth-order valence-corrected chi connectivity index (χ4v) is 10.0. The molecule has 0 N–H and O–H groups in total. The van der Waals surface area contributed by atoms with E-state index in [0.29, 0.717) is 0 Å². The van der Waals surface area contributed by atoms with Crippen LogP contribution in [0.1, 0.15) is 0 Å². The molecule has 0 aliphatic rings. The van der Waals surface area contributed by atoms with Gasteiger partial charge in [-0.05, 0) is 133 Å². The number of furan rings is 1. The molecule has 3 nitrogen and oxygen atoms in total. The van der Waals surface area contributed by atoms with Crippen molar-refractivity contribution in [1.82, 2.24) is 4.57 Å². The molecule has 0 unspecified atom stereocenters. The minimum absolute atomic E-state index is 0.903. The number of hydrogen-bond acceptors (Lipinski definition) is 2. The molecule has 0 aliphatic carbocycles. The molecule has 2 heterocycles. The van der Waals surface area contributed by atoms with Crippen LogP contribution in [0.3, 0.4) is 0 Å². The summed E-state index contributed by atoms with van der Waals surface area (Å²) in [5.41, 5.74) is 13.2. The van der Waals surface area contributed by atoms with E-state index in [4.69, 9.17) is 4.42 Å². The Bertz CT molecular complexity index is 3840. The first-order valence-corrected chi connectivity index (χ1v) is 21.6. The van der Waals surface area contributed by atoms with Crippen LogP contribution in [-0.4, -0.2) is 4.57 Å². The predicted octanol–water partition coefficient (Wildman–Crippen LogP) is 16.9. The van der Waals surface area contributed by atoms with E-state index < -0.39 is 0 Å². The van der Waals surface area contributed by atoms with Gasteiger partial charge in [0.1, 0.15) is 11.2 Å². The van der Waals surface area contributed by atoms with E-state index in [0.717, 1.165) is 66.9 Å². The highest BCUT2D eigenvalue weighted by Crippen LogP contribution is 2.43. The molecule has 294 valence electrons. The summed E-state index contributed by atoms with van der Waals surface area (Å²) in [4.78, 5) is 2.41. The Morgan fingerprint density at radius 3 is 1.44 bits per heavy atom. The van der Waals surface area contributed by atoms with Crippen molar-refractivity contribution in [3.8, 4) is 27.9 Å². The molecule has 0 spiro atoms. The van der Waals surface area contributed by atoms with Gasteiger partial charge in [0, 0.05) is 44.3 Å². The van der Waals surface area contributed by atoms with Crippen LogP contribution in [0.25, 0.3) is 104 Å². The predicted molar refractivity (Wildman–Crippen MR) is 266 cm³/mol. The van der Waals surface area contributed by atoms with Crippen LogP contribution in [0.15, 0.2) is 235 Å². The monoisotopic (exact) mass is 802 g/mol. The van der Waals surface area contributed by atoms with Crippen molar-refractivity contribution in [1.29, 1.82) is 0 Å². The van der Waals surface area contributed by atoms with E-state index in [1.807, 2.05) is 12.1 Å². The zero-order chi connectivity index (χ0) is 41.4. The number of nitrogens with zero attached hydrogens (tertiary/aromatic N) is 2. The SMILES string of the molecule is c1cc(-c2ccc(N(c3cccc(-n4c5ccccc5c5ccccc54)c3)c3ccc4c5ccccc5c5ccccc5c4c3)cc2)cc(-c2ccc3c(c2)oc2ccccc23)c1. The van der Waals surface area contributed by atoms with Gasteiger partial charge in [0.25, 0.3) is 0 Å². The second kappa shape index (κ2) is 14.1. The second-order valence-electron chi connectivity index (χ2n) is 16.5. The van der Waals surface area contributed by atoms with Gasteiger partial charge in [-0.15, -0.1) is 0 Å². The summed E-state index contributed by atoms with van der Waals surface area (Å²) in [7, 11) is 0. The lowest BCUT2D eigenvalue weighted by atomic mass is 9.94. The number of hydrogen-bond donors (Lipinski definition) is 0. The van der Waals surface area contributed by atoms with Crippen molar-refractivity contribution in [3.63, 3.8) is 0 Å². The molecule has 3 heteroatoms. The average Bonchev–Trinajstić information content (AvgIpc) is 3.90. The van der Waals surface area contributed by atoms with Crippen LogP contribution < -0.4 is 4.90 Å². The van der Waals surface area contributed by atoms with Crippen molar-refractivity contribution in [2.45, 2.75) is 0 Å². The third kappa shape index (κ3) is 5.67. The fraction of sp³-hybridized carbons (Fsp3) is 0. The highest BCUT2D eigenvalue weighted by molar-refractivity contribution is 6.26. The van der Waals surface area contributed by atoms with Crippen LogP contribution in [0, 0.1) is 0 Å². The molecule has 0 radical (unpaired) electrons. The van der Waals surface area contributed by atoms with Crippen molar-refractivity contribution in [3.05, 3.63) is 231 Å². The Balaban J connectivity index is 0.955. The minimum atomic E-state index is 0.903. The Morgan fingerprint density at radius 1 is 0.270 bits per heavy atom. The molecule has 0 saturated heterocycles. The molecule has 0 atom stereocenters. The molecule has 0 fully saturated rings. The third-order valence-corrected chi connectivity index (χ3v) is 12.9. The number of anilines is 3. The Morgan fingerprint density at radius 2 is 0.746 bits per heavy atom. The van der Waals surface area contributed by atoms with Crippen molar-refractivity contribution < 1.29 is 4.42 Å². The standard InChI is InChI=1S/C60H38N2O/c1-2-19-49-47(17-1)48-18-3-4-20-50(48)56-38-46(32-34-51(49)56)61(44-15-12-16-45(37-44)62-57-24-8-5-21-52(57)53-22-6-9-25-58(53)62)43-30-27-39(28-31-43)40-13-11-14-41(35-40)42-29-33-55-54-23-7-10-26-59(54)63-60(55)36-42/h1-38H. The zero-order valence-corrected chi connectivity index (χ0v) is 34.2. The molecule has 63 heavy (non-hydrogen) atoms. The zero-order valence-electron chi connectivity index (χ0n) is 34.2. The van der Waals surface area contributed by atoms with Gasteiger partial charge in [0.2, 0.25) is 0 Å². The van der Waals surface area contributed by atoms with E-state index in [1.54, 1.807) is 0 Å². The summed E-state index contributed by atoms with van der Waals surface area (Å²) in [6.07, 6.45) is 0. The van der Waals surface area contributed by atoms with Gasteiger partial charge in [-0.3, -0.25) is 0 Å². The first kappa shape index (κ1) is 35.4. The van der Waals surface area contributed by atoms with Gasteiger partial charge in [-0.1, -0.05) is 152 Å². The molecule has 13 aromatic rings. The minimum Gasteiger partial charge on any atom is -0.456 e. The van der Waals surface area contributed by atoms with Gasteiger partial charge in [-0.25, -0.2) is 0 Å². The van der Waals surface area contributed by atoms with Crippen LogP contribution >= 0.6 is 0 Å². The summed E-state index contributed by atoms with van der Waals surface area (Å²) in [6, 6.07) is 83.6. The Hall–Kier alpha value is -8.40. The van der Waals surface area contributed by atoms with E-state index in [1.165, 1.54) is 54.1 Å². The number of fused-ring (bicyclic) bond motifs is 12. The number of para-hydroxylation sites is 3. The van der Waals surface area contributed by atoms with Crippen molar-refractivity contribution >= 4 is 93.1 Å². The Kier molecular flexibility index (Phi) is 7.91. The highest BCUT2D eigenvalue weighted by atomic mass is 16.3. The number of aromatic nitrogens is 1. The van der Waals surface area contributed by atoms with Crippen molar-refractivity contribution in [2.24, 2.45) is 0 Å². The lowest BCUT2D eigenvalue weighted by Crippen LogP contribution is -2.10. The van der Waals surface area contributed by atoms with Gasteiger partial charge in [0.15, 0.2) is 0 Å². The third-order valence-electron chi connectivity index (χ3n) is 12.9. The van der Waals surface area contributed by atoms with Crippen LogP contribution in [0.2, 0.25) is 0 Å². The largest absolute Gasteiger partial charge is 0.456 e. The summed E-state index contributed by atoms with van der Waals surface area (Å²) < 4.78 is 8.66. The summed E-state index contributed by atoms with van der Waals surface area (Å²) in [5, 5.41) is 12.3. The number of rotatable bonds is 6. The lowest BCUT2D eigenvalue weighted by molar-refractivity contribution is 0.669. The lowest BCUT2D eigenvalue weighted by Gasteiger charge is -2.27. The molecular weight excluding hydrogens is 765 g/mol. The van der Waals surface area contributed by atoms with Crippen LogP contribution in [-0.2, 0) is 0 Å². The molecule has 13 rings (SSSR count). The van der Waals surface area contributed by atoms with E-state index in [-0.39, 0.29) is 0 Å². The highest BCUT2D eigenvalue weighted by Gasteiger charge is 2.19. The second-order valence-corrected chi connectivity index (χ2v) is 16.5. The summed E-state index contributed by atoms with van der Waals surface area (Å²) >= 11 is 0. The first-order chi connectivity index (χ1) is 31.2. The fourth-order valence-electron chi connectivity index (χ4n) is 10.0. The van der Waals surface area contributed by atoms with E-state index in [2.05, 4.69) is 228 Å². The van der Waals surface area contributed by atoms with Gasteiger partial charge >= 0.3 is 0 Å². The normalized spacial score (nSPS) is 11.8. The molecule has 2 aromatic heterocycles. The van der Waals surface area contributed by atoms with E-state index >= 15 is 0 Å². The summed E-state index contributed by atoms with van der Waals surface area (Å²) in [6.45, 7) is 0. The van der Waals surface area contributed by atoms with Crippen LogP contribution in [0.5, 0.6) is 0 Å². The maximum atomic E-state index is 6.26. The maximum Gasteiger partial charge on any atom is 0.136 e. The average molecular weight is 803 g/mol. The maximum absolute atomic E-state index is 6.26.